The molecule has 0 radical (unpaired) electrons. The van der Waals surface area contributed by atoms with Crippen LogP contribution in [0.25, 0.3) is 10.9 Å². The molecule has 0 bridgehead atoms. The van der Waals surface area contributed by atoms with Crippen LogP contribution in [-0.2, 0) is 5.41 Å². The van der Waals surface area contributed by atoms with Crippen LogP contribution in [-0.4, -0.2) is 26.1 Å². The van der Waals surface area contributed by atoms with Crippen molar-refractivity contribution in [3.8, 4) is 11.5 Å². The van der Waals surface area contributed by atoms with E-state index in [1.54, 1.807) is 12.1 Å². The Labute approximate surface area is 158 Å². The van der Waals surface area contributed by atoms with Crippen LogP contribution in [0.15, 0.2) is 50.8 Å². The van der Waals surface area contributed by atoms with Crippen LogP contribution in [0.1, 0.15) is 32.2 Å². The molecule has 0 atom stereocenters. The van der Waals surface area contributed by atoms with Crippen molar-refractivity contribution in [2.75, 3.05) is 0 Å². The molecular weight excluding hydrogens is 398 g/mol. The summed E-state index contributed by atoms with van der Waals surface area (Å²) in [5.41, 5.74) is 0.260. The fourth-order valence-corrected chi connectivity index (χ4v) is 2.86. The number of hydrogen-bond acceptors (Lipinski definition) is 5. The number of aromatic hydroxyl groups is 2. The van der Waals surface area contributed by atoms with Crippen LogP contribution in [0.4, 0.5) is 0 Å². The first-order valence-electron chi connectivity index (χ1n) is 7.96. The summed E-state index contributed by atoms with van der Waals surface area (Å²) in [6, 6.07) is 9.50. The van der Waals surface area contributed by atoms with Crippen molar-refractivity contribution in [2.24, 2.45) is 5.10 Å². The summed E-state index contributed by atoms with van der Waals surface area (Å²) in [4.78, 5) is 17.6. The molecule has 1 heterocycles. The van der Waals surface area contributed by atoms with Gasteiger partial charge < -0.3 is 10.2 Å². The number of phenolic OH excluding ortho intramolecular Hbond substituents is 2. The number of rotatable bonds is 2. The Morgan fingerprint density at radius 1 is 1.15 bits per heavy atom. The molecule has 0 aliphatic rings. The van der Waals surface area contributed by atoms with Gasteiger partial charge in [0.15, 0.2) is 0 Å². The molecule has 6 nitrogen and oxygen atoms in total. The summed E-state index contributed by atoms with van der Waals surface area (Å²) in [5, 5.41) is 24.0. The van der Waals surface area contributed by atoms with E-state index >= 15 is 0 Å². The van der Waals surface area contributed by atoms with Crippen molar-refractivity contribution in [1.82, 2.24) is 9.66 Å². The van der Waals surface area contributed by atoms with E-state index in [1.807, 2.05) is 26.8 Å². The summed E-state index contributed by atoms with van der Waals surface area (Å²) >= 11 is 3.37. The first-order chi connectivity index (χ1) is 12.2. The number of fused-ring (bicyclic) bond motifs is 1. The highest BCUT2D eigenvalue weighted by molar-refractivity contribution is 9.10. The normalized spacial score (nSPS) is 12.2. The predicted octanol–water partition coefficient (Wildman–Crippen LogP) is 3.75. The Kier molecular flexibility index (Phi) is 4.58. The number of hydrogen-bond donors (Lipinski definition) is 2. The van der Waals surface area contributed by atoms with E-state index in [0.717, 1.165) is 4.47 Å². The van der Waals surface area contributed by atoms with Gasteiger partial charge in [0.1, 0.15) is 17.3 Å². The van der Waals surface area contributed by atoms with Gasteiger partial charge in [-0.3, -0.25) is 4.79 Å². The van der Waals surface area contributed by atoms with E-state index in [-0.39, 0.29) is 17.1 Å². The molecule has 1 aromatic heterocycles. The molecule has 2 N–H and O–H groups in total. The summed E-state index contributed by atoms with van der Waals surface area (Å²) in [7, 11) is 0. The fraction of sp³-hybridized carbons (Fsp3) is 0.211. The zero-order valence-electron chi connectivity index (χ0n) is 14.6. The van der Waals surface area contributed by atoms with Gasteiger partial charge in [0.2, 0.25) is 0 Å². The minimum atomic E-state index is -0.422. The zero-order chi connectivity index (χ0) is 19.1. The average molecular weight is 416 g/mol. The minimum absolute atomic E-state index is 0.0515. The molecule has 0 saturated carbocycles. The lowest BCUT2D eigenvalue weighted by Gasteiger charge is -2.20. The number of nitrogens with zero attached hydrogens (tertiary/aromatic N) is 3. The standard InChI is InChI=1S/C19H18BrN3O3/c1-19(2,3)18-22-15-7-5-12(20)8-14(15)17(26)23(18)21-10-11-4-6-13(24)9-16(11)25/h4-10,24-25H,1-3H3. The first-order valence-corrected chi connectivity index (χ1v) is 8.75. The number of phenols is 2. The smallest absolute Gasteiger partial charge is 0.282 e. The largest absolute Gasteiger partial charge is 0.508 e. The number of benzene rings is 2. The summed E-state index contributed by atoms with van der Waals surface area (Å²) in [5.74, 6) is 0.326. The van der Waals surface area contributed by atoms with Gasteiger partial charge in [-0.2, -0.15) is 9.78 Å². The third-order valence-electron chi connectivity index (χ3n) is 3.81. The van der Waals surface area contributed by atoms with Gasteiger partial charge in [-0.15, -0.1) is 0 Å². The van der Waals surface area contributed by atoms with Crippen LogP contribution in [0.3, 0.4) is 0 Å². The molecule has 0 unspecified atom stereocenters. The topological polar surface area (TPSA) is 87.7 Å². The van der Waals surface area contributed by atoms with E-state index in [9.17, 15) is 15.0 Å². The molecule has 3 aromatic rings. The molecule has 0 aliphatic heterocycles. The second-order valence-corrected chi connectivity index (χ2v) is 7.87. The molecule has 134 valence electrons. The Morgan fingerprint density at radius 3 is 2.54 bits per heavy atom. The quantitative estimate of drug-likeness (QED) is 0.623. The van der Waals surface area contributed by atoms with Gasteiger partial charge in [-0.1, -0.05) is 36.7 Å². The second kappa shape index (κ2) is 6.57. The summed E-state index contributed by atoms with van der Waals surface area (Å²) < 4.78 is 2.03. The molecular formula is C19H18BrN3O3. The number of halogens is 1. The van der Waals surface area contributed by atoms with E-state index in [1.165, 1.54) is 29.1 Å². The number of aromatic nitrogens is 2. The van der Waals surface area contributed by atoms with Crippen LogP contribution in [0.5, 0.6) is 11.5 Å². The van der Waals surface area contributed by atoms with E-state index in [4.69, 9.17) is 0 Å². The lowest BCUT2D eigenvalue weighted by atomic mass is 9.95. The molecule has 0 amide bonds. The lowest BCUT2D eigenvalue weighted by molar-refractivity contribution is 0.450. The van der Waals surface area contributed by atoms with E-state index in [2.05, 4.69) is 26.0 Å². The monoisotopic (exact) mass is 415 g/mol. The SMILES string of the molecule is CC(C)(C)c1nc2ccc(Br)cc2c(=O)n1N=Cc1ccc(O)cc1O. The summed E-state index contributed by atoms with van der Waals surface area (Å²) in [6.07, 6.45) is 1.37. The minimum Gasteiger partial charge on any atom is -0.508 e. The molecule has 2 aromatic carbocycles. The highest BCUT2D eigenvalue weighted by atomic mass is 79.9. The van der Waals surface area contributed by atoms with E-state index in [0.29, 0.717) is 22.3 Å². The van der Waals surface area contributed by atoms with Crippen molar-refractivity contribution in [3.63, 3.8) is 0 Å². The third kappa shape index (κ3) is 3.48. The Hall–Kier alpha value is -2.67. The molecule has 7 heteroatoms. The molecule has 3 rings (SSSR count). The fourth-order valence-electron chi connectivity index (χ4n) is 2.50. The molecule has 0 saturated heterocycles. The van der Waals surface area contributed by atoms with E-state index < -0.39 is 5.41 Å². The Bertz CT molecular complexity index is 1080. The van der Waals surface area contributed by atoms with Gasteiger partial charge >= 0.3 is 0 Å². The van der Waals surface area contributed by atoms with Gasteiger partial charge in [0.05, 0.1) is 17.1 Å². The maximum Gasteiger partial charge on any atom is 0.282 e. The second-order valence-electron chi connectivity index (χ2n) is 6.95. The highest BCUT2D eigenvalue weighted by Crippen LogP contribution is 2.24. The maximum atomic E-state index is 13.0. The van der Waals surface area contributed by atoms with Gasteiger partial charge in [-0.25, -0.2) is 4.98 Å². The van der Waals surface area contributed by atoms with Crippen molar-refractivity contribution < 1.29 is 10.2 Å². The van der Waals surface area contributed by atoms with Crippen molar-refractivity contribution in [3.05, 3.63) is 62.6 Å². The van der Waals surface area contributed by atoms with Crippen molar-refractivity contribution in [2.45, 2.75) is 26.2 Å². The lowest BCUT2D eigenvalue weighted by Crippen LogP contribution is -2.29. The average Bonchev–Trinajstić information content (AvgIpc) is 2.55. The molecule has 0 spiro atoms. The predicted molar refractivity (Wildman–Crippen MR) is 105 cm³/mol. The van der Waals surface area contributed by atoms with Crippen LogP contribution in [0, 0.1) is 0 Å². The Morgan fingerprint density at radius 2 is 1.88 bits per heavy atom. The van der Waals surface area contributed by atoms with Crippen molar-refractivity contribution >= 4 is 33.0 Å². The maximum absolute atomic E-state index is 13.0. The summed E-state index contributed by atoms with van der Waals surface area (Å²) in [6.45, 7) is 5.84. The van der Waals surface area contributed by atoms with Crippen LogP contribution < -0.4 is 5.56 Å². The first kappa shape index (κ1) is 18.1. The van der Waals surface area contributed by atoms with Crippen LogP contribution >= 0.6 is 15.9 Å². The van der Waals surface area contributed by atoms with Gasteiger partial charge in [-0.05, 0) is 30.3 Å². The van der Waals surface area contributed by atoms with Gasteiger partial charge in [0.25, 0.3) is 5.56 Å². The van der Waals surface area contributed by atoms with Crippen molar-refractivity contribution in [1.29, 1.82) is 0 Å². The van der Waals surface area contributed by atoms with Crippen LogP contribution in [0.2, 0.25) is 0 Å². The van der Waals surface area contributed by atoms with Gasteiger partial charge in [0, 0.05) is 21.5 Å². The molecule has 0 fully saturated rings. The Balaban J connectivity index is 2.24. The molecule has 26 heavy (non-hydrogen) atoms. The highest BCUT2D eigenvalue weighted by Gasteiger charge is 2.22. The molecule has 0 aliphatic carbocycles. The zero-order valence-corrected chi connectivity index (χ0v) is 16.1. The third-order valence-corrected chi connectivity index (χ3v) is 4.30.